The molecule has 0 saturated carbocycles. The van der Waals surface area contributed by atoms with Crippen molar-refractivity contribution in [1.29, 1.82) is 0 Å². The summed E-state index contributed by atoms with van der Waals surface area (Å²) >= 11 is 0. The first-order valence-corrected chi connectivity index (χ1v) is 11.6. The zero-order valence-corrected chi connectivity index (χ0v) is 19.3. The number of hydrogen-bond acceptors (Lipinski definition) is 10. The van der Waals surface area contributed by atoms with Gasteiger partial charge in [0.05, 0.1) is 4.90 Å². The molecule has 2 heterocycles. The van der Waals surface area contributed by atoms with Crippen LogP contribution in [0.4, 0.5) is 5.82 Å². The molecule has 0 spiro atoms. The summed E-state index contributed by atoms with van der Waals surface area (Å²) in [5, 5.41) is 0. The van der Waals surface area contributed by atoms with Gasteiger partial charge in [-0.05, 0) is 18.6 Å². The second-order valence-corrected chi connectivity index (χ2v) is 9.12. The Hall–Kier alpha value is -3.65. The summed E-state index contributed by atoms with van der Waals surface area (Å²) in [5.74, 6) is -1.17. The highest BCUT2D eigenvalue weighted by atomic mass is 32.2. The second-order valence-electron chi connectivity index (χ2n) is 7.36. The van der Waals surface area contributed by atoms with Gasteiger partial charge in [-0.2, -0.15) is 0 Å². The monoisotopic (exact) mass is 496 g/mol. The van der Waals surface area contributed by atoms with Crippen molar-refractivity contribution in [3.05, 3.63) is 44.6 Å². The molecule has 3 rings (SSSR count). The Kier molecular flexibility index (Phi) is 7.41. The van der Waals surface area contributed by atoms with Gasteiger partial charge in [0.2, 0.25) is 15.8 Å². The van der Waals surface area contributed by atoms with E-state index in [1.54, 1.807) is 0 Å². The molecule has 1 aromatic carbocycles. The van der Waals surface area contributed by atoms with Crippen LogP contribution in [0.2, 0.25) is 0 Å². The number of ether oxygens (including phenoxy) is 3. The van der Waals surface area contributed by atoms with Crippen molar-refractivity contribution >= 4 is 27.6 Å². The van der Waals surface area contributed by atoms with Crippen molar-refractivity contribution < 1.29 is 32.2 Å². The molecule has 14 heteroatoms. The average molecular weight is 496 g/mol. The van der Waals surface area contributed by atoms with Crippen molar-refractivity contribution in [3.8, 4) is 11.5 Å². The molecule has 0 amide bonds. The Morgan fingerprint density at radius 1 is 1.12 bits per heavy atom. The van der Waals surface area contributed by atoms with E-state index in [0.717, 1.165) is 9.13 Å². The molecule has 2 aromatic rings. The Labute approximate surface area is 194 Å². The Balaban J connectivity index is 1.49. The molecular weight excluding hydrogens is 472 g/mol. The van der Waals surface area contributed by atoms with Gasteiger partial charge in [0, 0.05) is 33.1 Å². The Morgan fingerprint density at radius 2 is 1.79 bits per heavy atom. The molecule has 1 aromatic heterocycles. The summed E-state index contributed by atoms with van der Waals surface area (Å²) in [5.41, 5.74) is 3.65. The molecule has 1 aliphatic heterocycles. The van der Waals surface area contributed by atoms with Gasteiger partial charge < -0.3 is 19.9 Å². The molecule has 0 unspecified atom stereocenters. The number of aromatic nitrogens is 2. The van der Waals surface area contributed by atoms with Gasteiger partial charge >= 0.3 is 11.7 Å². The summed E-state index contributed by atoms with van der Waals surface area (Å²) in [4.78, 5) is 48.2. The molecule has 34 heavy (non-hydrogen) atoms. The predicted octanol–water partition coefficient (Wildman–Crippen LogP) is -1.08. The fraction of sp³-hybridized carbons (Fsp3) is 0.400. The number of sulfonamides is 1. The highest BCUT2D eigenvalue weighted by molar-refractivity contribution is 7.89. The number of hydrogen-bond donors (Lipinski definition) is 2. The summed E-state index contributed by atoms with van der Waals surface area (Å²) in [6, 6.07) is 4.24. The van der Waals surface area contributed by atoms with Crippen LogP contribution < -0.4 is 31.2 Å². The number of Topliss-reactive ketones (excluding diaryl/α,β-unsaturated/α-hetero) is 1. The van der Waals surface area contributed by atoms with E-state index in [1.165, 1.54) is 32.3 Å². The van der Waals surface area contributed by atoms with E-state index in [9.17, 15) is 27.6 Å². The predicted molar refractivity (Wildman–Crippen MR) is 118 cm³/mol. The number of rotatable bonds is 9. The molecule has 0 radical (unpaired) electrons. The highest BCUT2D eigenvalue weighted by Crippen LogP contribution is 2.32. The topological polar surface area (TPSA) is 178 Å². The first kappa shape index (κ1) is 25.0. The lowest BCUT2D eigenvalue weighted by Crippen LogP contribution is -2.42. The van der Waals surface area contributed by atoms with Gasteiger partial charge in [-0.3, -0.25) is 23.5 Å². The van der Waals surface area contributed by atoms with Crippen molar-refractivity contribution in [2.24, 2.45) is 14.1 Å². The molecule has 184 valence electrons. The van der Waals surface area contributed by atoms with Crippen LogP contribution >= 0.6 is 0 Å². The maximum absolute atomic E-state index is 12.4. The van der Waals surface area contributed by atoms with E-state index in [4.69, 9.17) is 19.9 Å². The third-order valence-electron chi connectivity index (χ3n) is 5.03. The number of nitrogens with zero attached hydrogens (tertiary/aromatic N) is 2. The maximum atomic E-state index is 12.4. The van der Waals surface area contributed by atoms with E-state index >= 15 is 0 Å². The van der Waals surface area contributed by atoms with Gasteiger partial charge in [-0.15, -0.1) is 0 Å². The second kappa shape index (κ2) is 10.1. The highest BCUT2D eigenvalue weighted by Gasteiger charge is 2.22. The maximum Gasteiger partial charge on any atom is 0.332 e. The van der Waals surface area contributed by atoms with Crippen molar-refractivity contribution in [3.63, 3.8) is 0 Å². The van der Waals surface area contributed by atoms with Crippen LogP contribution in [0.15, 0.2) is 32.7 Å². The number of ketones is 1. The number of carbonyl (C=O) groups excluding carboxylic acids is 2. The van der Waals surface area contributed by atoms with E-state index in [2.05, 4.69) is 4.72 Å². The van der Waals surface area contributed by atoms with Crippen LogP contribution in [0, 0.1) is 0 Å². The molecular formula is C20H24N4O9S. The molecule has 13 nitrogen and oxygen atoms in total. The minimum Gasteiger partial charge on any atom is -0.486 e. The summed E-state index contributed by atoms with van der Waals surface area (Å²) in [7, 11) is -1.35. The molecule has 0 aliphatic carbocycles. The van der Waals surface area contributed by atoms with Gasteiger partial charge in [-0.25, -0.2) is 17.9 Å². The Morgan fingerprint density at radius 3 is 2.50 bits per heavy atom. The number of anilines is 1. The molecule has 0 bridgehead atoms. The Bertz CT molecular complexity index is 1350. The number of nitrogens with two attached hydrogens (primary N) is 1. The summed E-state index contributed by atoms with van der Waals surface area (Å²) in [6.45, 7) is -0.111. The van der Waals surface area contributed by atoms with E-state index in [0.29, 0.717) is 24.7 Å². The molecule has 0 saturated heterocycles. The van der Waals surface area contributed by atoms with Crippen molar-refractivity contribution in [1.82, 2.24) is 13.9 Å². The zero-order chi connectivity index (χ0) is 25.0. The van der Waals surface area contributed by atoms with Crippen LogP contribution in [-0.2, 0) is 33.7 Å². The third-order valence-corrected chi connectivity index (χ3v) is 6.49. The number of nitrogens with one attached hydrogen (secondary N) is 1. The molecule has 1 aliphatic rings. The van der Waals surface area contributed by atoms with Crippen LogP contribution in [0.25, 0.3) is 0 Å². The number of nitrogen functional groups attached to an aromatic ring is 1. The largest absolute Gasteiger partial charge is 0.486 e. The summed E-state index contributed by atoms with van der Waals surface area (Å²) in [6.07, 6.45) is -0.0851. The van der Waals surface area contributed by atoms with Crippen LogP contribution in [0.3, 0.4) is 0 Å². The summed E-state index contributed by atoms with van der Waals surface area (Å²) < 4.78 is 44.5. The lowest BCUT2D eigenvalue weighted by molar-refractivity contribution is -0.142. The van der Waals surface area contributed by atoms with E-state index < -0.39 is 45.2 Å². The molecule has 0 fully saturated rings. The normalized spacial score (nSPS) is 12.9. The number of fused-ring (bicyclic) bond motifs is 1. The average Bonchev–Trinajstić information content (AvgIpc) is 2.82. The first-order valence-electron chi connectivity index (χ1n) is 10.2. The van der Waals surface area contributed by atoms with Gasteiger partial charge in [-0.1, -0.05) is 0 Å². The van der Waals surface area contributed by atoms with Gasteiger partial charge in [0.1, 0.15) is 24.6 Å². The van der Waals surface area contributed by atoms with E-state index in [-0.39, 0.29) is 30.1 Å². The van der Waals surface area contributed by atoms with Gasteiger partial charge in [0.15, 0.2) is 18.1 Å². The van der Waals surface area contributed by atoms with E-state index in [1.807, 2.05) is 0 Å². The van der Waals surface area contributed by atoms with Crippen LogP contribution in [-0.4, -0.2) is 55.7 Å². The molecule has 0 atom stereocenters. The number of benzene rings is 1. The standard InChI is InChI=1S/C20H24N4O9S/c1-23-18(21)17(19(27)24(2)20(23)28)13(25)11-33-16(26)4-3-7-22-34(29,30)12-5-6-14-15(10-12)32-9-8-31-14/h5-6,10,22H,3-4,7-9,11,21H2,1-2H3. The quantitative estimate of drug-likeness (QED) is 0.246. The van der Waals surface area contributed by atoms with Crippen molar-refractivity contribution in [2.75, 3.05) is 32.1 Å². The number of carbonyl (C=O) groups is 2. The van der Waals surface area contributed by atoms with Crippen LogP contribution in [0.5, 0.6) is 11.5 Å². The fourth-order valence-corrected chi connectivity index (χ4v) is 4.21. The third kappa shape index (κ3) is 5.28. The smallest absolute Gasteiger partial charge is 0.332 e. The lowest BCUT2D eigenvalue weighted by Gasteiger charge is -2.18. The minimum absolute atomic E-state index is 0.0126. The van der Waals surface area contributed by atoms with Gasteiger partial charge in [0.25, 0.3) is 5.56 Å². The molecule has 3 N–H and O–H groups in total. The zero-order valence-electron chi connectivity index (χ0n) is 18.5. The van der Waals surface area contributed by atoms with Crippen LogP contribution in [0.1, 0.15) is 23.2 Å². The SMILES string of the molecule is Cn1c(N)c(C(=O)COC(=O)CCCNS(=O)(=O)c2ccc3c(c2)OCCO3)c(=O)n(C)c1=O. The van der Waals surface area contributed by atoms with Crippen molar-refractivity contribution in [2.45, 2.75) is 17.7 Å². The lowest BCUT2D eigenvalue weighted by atomic mass is 10.2. The first-order chi connectivity index (χ1) is 16.0. The minimum atomic E-state index is -3.85. The number of esters is 1. The fourth-order valence-electron chi connectivity index (χ4n) is 3.13.